The van der Waals surface area contributed by atoms with E-state index in [1.54, 1.807) is 0 Å². The maximum atomic E-state index is 11.4. The fourth-order valence-corrected chi connectivity index (χ4v) is 0.926. The highest BCUT2D eigenvalue weighted by atomic mass is 16.5. The monoisotopic (exact) mass is 183 g/mol. The zero-order chi connectivity index (χ0) is 10.2. The second-order valence-corrected chi connectivity index (χ2v) is 3.96. The van der Waals surface area contributed by atoms with Crippen LogP contribution in [0.1, 0.15) is 32.3 Å². The van der Waals surface area contributed by atoms with Crippen LogP contribution in [0.25, 0.3) is 0 Å². The molecule has 0 aliphatic carbocycles. The molecule has 0 spiro atoms. The Hall–Kier alpha value is -1.39. The second-order valence-electron chi connectivity index (χ2n) is 3.96. The van der Waals surface area contributed by atoms with Crippen molar-refractivity contribution in [2.45, 2.75) is 33.1 Å². The molecule has 0 atom stereocenters. The van der Waals surface area contributed by atoms with Crippen LogP contribution in [0, 0.1) is 6.92 Å². The Morgan fingerprint density at radius 1 is 1.31 bits per heavy atom. The van der Waals surface area contributed by atoms with Gasteiger partial charge in [-0.15, -0.1) is 14.9 Å². The van der Waals surface area contributed by atoms with Crippen LogP contribution in [-0.4, -0.2) is 20.1 Å². The number of nitrogens with zero attached hydrogens (tertiary/aromatic N) is 3. The van der Waals surface area contributed by atoms with Crippen molar-refractivity contribution in [1.29, 1.82) is 0 Å². The normalized spacial score (nSPS) is 11.7. The van der Waals surface area contributed by atoms with E-state index in [1.165, 1.54) is 6.92 Å². The highest BCUT2D eigenvalue weighted by Gasteiger charge is 2.22. The number of hydrogen-bond acceptors (Lipinski definition) is 4. The average molecular weight is 183 g/mol. The largest absolute Gasteiger partial charge is 0.424 e. The summed E-state index contributed by atoms with van der Waals surface area (Å²) in [5.41, 5.74) is -0.636. The van der Waals surface area contributed by atoms with Gasteiger partial charge in [-0.3, -0.25) is 4.79 Å². The van der Waals surface area contributed by atoms with E-state index in [2.05, 4.69) is 10.2 Å². The molecular weight excluding hydrogens is 170 g/mol. The van der Waals surface area contributed by atoms with Gasteiger partial charge in [0.1, 0.15) is 5.69 Å². The van der Waals surface area contributed by atoms with Gasteiger partial charge in [-0.2, -0.15) is 0 Å². The second kappa shape index (κ2) is 2.83. The molecule has 1 rings (SSSR count). The first-order valence-electron chi connectivity index (χ1n) is 4.00. The summed E-state index contributed by atoms with van der Waals surface area (Å²) in [6, 6.07) is 0. The Kier molecular flexibility index (Phi) is 2.11. The minimum Gasteiger partial charge on any atom is -0.424 e. The van der Waals surface area contributed by atoms with Crippen molar-refractivity contribution in [2.24, 2.45) is 0 Å². The summed E-state index contributed by atoms with van der Waals surface area (Å²) in [5, 5.41) is 16.7. The first kappa shape index (κ1) is 9.70. The lowest BCUT2D eigenvalue weighted by atomic mass is 9.93. The molecule has 5 heteroatoms. The van der Waals surface area contributed by atoms with Gasteiger partial charge in [0, 0.05) is 5.41 Å². The Bertz CT molecular complexity index is 376. The van der Waals surface area contributed by atoms with Crippen molar-refractivity contribution in [3.8, 4) is 0 Å². The van der Waals surface area contributed by atoms with E-state index in [4.69, 9.17) is 0 Å². The molecule has 1 N–H and O–H groups in total. The fourth-order valence-electron chi connectivity index (χ4n) is 0.926. The van der Waals surface area contributed by atoms with Gasteiger partial charge in [0.2, 0.25) is 0 Å². The van der Waals surface area contributed by atoms with Crippen molar-refractivity contribution in [1.82, 2.24) is 14.9 Å². The van der Waals surface area contributed by atoms with E-state index in [1.807, 2.05) is 20.8 Å². The topological polar surface area (TPSA) is 68.0 Å². The molecule has 13 heavy (non-hydrogen) atoms. The molecular formula is C8H13N3O2. The fraction of sp³-hybridized carbons (Fsp3) is 0.625. The molecule has 0 amide bonds. The highest BCUT2D eigenvalue weighted by molar-refractivity contribution is 5.07. The van der Waals surface area contributed by atoms with Gasteiger partial charge in [-0.25, -0.2) is 0 Å². The zero-order valence-corrected chi connectivity index (χ0v) is 8.20. The molecule has 0 bridgehead atoms. The molecule has 0 aliphatic rings. The van der Waals surface area contributed by atoms with E-state index in [0.29, 0.717) is 4.73 Å². The van der Waals surface area contributed by atoms with E-state index in [0.717, 1.165) is 0 Å². The number of aryl methyl sites for hydroxylation is 1. The summed E-state index contributed by atoms with van der Waals surface area (Å²) in [6.45, 7) is 7.04. The third kappa shape index (κ3) is 1.68. The van der Waals surface area contributed by atoms with Crippen molar-refractivity contribution in [3.05, 3.63) is 21.9 Å². The van der Waals surface area contributed by atoms with Gasteiger partial charge in [0.15, 0.2) is 5.82 Å². The summed E-state index contributed by atoms with van der Waals surface area (Å²) in [6.07, 6.45) is 0. The van der Waals surface area contributed by atoms with Gasteiger partial charge >= 0.3 is 5.56 Å². The van der Waals surface area contributed by atoms with Gasteiger partial charge < -0.3 is 5.21 Å². The van der Waals surface area contributed by atoms with E-state index >= 15 is 0 Å². The molecule has 1 heterocycles. The maximum absolute atomic E-state index is 11.4. The average Bonchev–Trinajstić information content (AvgIpc) is 1.98. The third-order valence-corrected chi connectivity index (χ3v) is 1.71. The lowest BCUT2D eigenvalue weighted by Crippen LogP contribution is -2.33. The van der Waals surface area contributed by atoms with Crippen LogP contribution >= 0.6 is 0 Å². The minimum atomic E-state index is -0.500. The van der Waals surface area contributed by atoms with E-state index in [-0.39, 0.29) is 11.5 Å². The third-order valence-electron chi connectivity index (χ3n) is 1.71. The SMILES string of the molecule is Cc1nnc(C(C)(C)C)c(=O)n1O. The van der Waals surface area contributed by atoms with Gasteiger partial charge in [-0.05, 0) is 6.92 Å². The Balaban J connectivity index is 3.44. The summed E-state index contributed by atoms with van der Waals surface area (Å²) in [4.78, 5) is 11.4. The predicted octanol–water partition coefficient (Wildman–Crippen LogP) is 0.482. The lowest BCUT2D eigenvalue weighted by molar-refractivity contribution is 0.157. The van der Waals surface area contributed by atoms with Crippen LogP contribution in [0.5, 0.6) is 0 Å². The number of aromatic nitrogens is 3. The van der Waals surface area contributed by atoms with Crippen molar-refractivity contribution < 1.29 is 5.21 Å². The van der Waals surface area contributed by atoms with E-state index < -0.39 is 11.0 Å². The van der Waals surface area contributed by atoms with Gasteiger partial charge in [0.25, 0.3) is 0 Å². The molecule has 0 radical (unpaired) electrons. The smallest absolute Gasteiger partial charge is 0.308 e. The molecule has 0 aliphatic heterocycles. The molecule has 0 fully saturated rings. The van der Waals surface area contributed by atoms with Crippen LogP contribution in [0.2, 0.25) is 0 Å². The highest BCUT2D eigenvalue weighted by Crippen LogP contribution is 2.14. The van der Waals surface area contributed by atoms with E-state index in [9.17, 15) is 10.0 Å². The summed E-state index contributed by atoms with van der Waals surface area (Å²) in [7, 11) is 0. The quantitative estimate of drug-likeness (QED) is 0.594. The molecule has 1 aromatic rings. The van der Waals surface area contributed by atoms with Crippen LogP contribution in [-0.2, 0) is 5.41 Å². The first-order chi connectivity index (χ1) is 5.84. The van der Waals surface area contributed by atoms with Crippen molar-refractivity contribution in [3.63, 3.8) is 0 Å². The van der Waals surface area contributed by atoms with Gasteiger partial charge in [-0.1, -0.05) is 20.8 Å². The lowest BCUT2D eigenvalue weighted by Gasteiger charge is -2.15. The molecule has 0 saturated heterocycles. The Morgan fingerprint density at radius 2 is 1.85 bits per heavy atom. The molecule has 5 nitrogen and oxygen atoms in total. The van der Waals surface area contributed by atoms with Crippen molar-refractivity contribution >= 4 is 0 Å². The van der Waals surface area contributed by atoms with Gasteiger partial charge in [0.05, 0.1) is 0 Å². The molecule has 0 aromatic carbocycles. The summed E-state index contributed by atoms with van der Waals surface area (Å²) >= 11 is 0. The van der Waals surface area contributed by atoms with Crippen LogP contribution in [0.4, 0.5) is 0 Å². The molecule has 72 valence electrons. The van der Waals surface area contributed by atoms with Crippen LogP contribution in [0.15, 0.2) is 4.79 Å². The summed E-state index contributed by atoms with van der Waals surface area (Å²) < 4.78 is 0.521. The van der Waals surface area contributed by atoms with Crippen molar-refractivity contribution in [2.75, 3.05) is 0 Å². The van der Waals surface area contributed by atoms with Crippen LogP contribution < -0.4 is 5.56 Å². The number of rotatable bonds is 0. The molecule has 0 saturated carbocycles. The summed E-state index contributed by atoms with van der Waals surface area (Å²) in [5.74, 6) is 0.193. The maximum Gasteiger partial charge on any atom is 0.308 e. The minimum absolute atomic E-state index is 0.193. The van der Waals surface area contributed by atoms with Crippen LogP contribution in [0.3, 0.4) is 0 Å². The zero-order valence-electron chi connectivity index (χ0n) is 8.20. The first-order valence-corrected chi connectivity index (χ1v) is 4.00. The predicted molar refractivity (Wildman–Crippen MR) is 46.9 cm³/mol. The standard InChI is InChI=1S/C8H13N3O2/c1-5-9-10-6(8(2,3)4)7(12)11(5)13/h13H,1-4H3. The Morgan fingerprint density at radius 3 is 2.31 bits per heavy atom. The number of hydrogen-bond donors (Lipinski definition) is 1. The molecule has 0 unspecified atom stereocenters. The molecule has 1 aromatic heterocycles. The Labute approximate surface area is 76.0 Å².